The predicted octanol–water partition coefficient (Wildman–Crippen LogP) is 2.21. The Bertz CT molecular complexity index is 816. The van der Waals surface area contributed by atoms with Gasteiger partial charge in [0.25, 0.3) is 0 Å². The molecule has 0 bridgehead atoms. The van der Waals surface area contributed by atoms with E-state index < -0.39 is 10.0 Å². The van der Waals surface area contributed by atoms with Crippen molar-refractivity contribution in [3.05, 3.63) is 17.8 Å². The zero-order valence-corrected chi connectivity index (χ0v) is 18.2. The molecular weight excluding hydrogens is 388 g/mol. The minimum Gasteiger partial charge on any atom is -0.393 e. The van der Waals surface area contributed by atoms with Crippen molar-refractivity contribution in [3.8, 4) is 0 Å². The first-order valence-electron chi connectivity index (χ1n) is 11.1. The fraction of sp³-hybridized carbons (Fsp3) is 0.762. The van der Waals surface area contributed by atoms with Crippen LogP contribution >= 0.6 is 0 Å². The van der Waals surface area contributed by atoms with Gasteiger partial charge in [-0.1, -0.05) is 6.42 Å². The van der Waals surface area contributed by atoms with Gasteiger partial charge in [-0.2, -0.15) is 4.31 Å². The number of aromatic nitrogens is 1. The van der Waals surface area contributed by atoms with Crippen molar-refractivity contribution in [3.63, 3.8) is 0 Å². The molecule has 0 aromatic carbocycles. The Balaban J connectivity index is 1.50. The van der Waals surface area contributed by atoms with E-state index >= 15 is 0 Å². The standard InChI is InChI=1S/C21H34N4O3S/c1-16-13-20(21(23-14-16)22-9-8-17-5-2-7-19(17)26)29(27,28)25-12-4-11-24-10-3-6-18(24)15-25/h13-14,17-19,26H,2-12,15H2,1H3,(H,22,23)/t17-,18?,19-/m0/s1. The fourth-order valence-electron chi connectivity index (χ4n) is 5.13. The Morgan fingerprint density at radius 2 is 2.00 bits per heavy atom. The molecule has 1 aromatic rings. The Kier molecular flexibility index (Phi) is 6.44. The molecule has 3 heterocycles. The summed E-state index contributed by atoms with van der Waals surface area (Å²) in [6, 6.07) is 2.08. The highest BCUT2D eigenvalue weighted by molar-refractivity contribution is 7.89. The number of aliphatic hydroxyl groups is 1. The zero-order chi connectivity index (χ0) is 20.4. The van der Waals surface area contributed by atoms with Crippen LogP contribution in [0.25, 0.3) is 0 Å². The summed E-state index contributed by atoms with van der Waals surface area (Å²) in [7, 11) is -3.61. The third-order valence-electron chi connectivity index (χ3n) is 6.80. The van der Waals surface area contributed by atoms with Crippen molar-refractivity contribution >= 4 is 15.8 Å². The molecule has 1 aromatic heterocycles. The molecule has 1 saturated carbocycles. The van der Waals surface area contributed by atoms with Crippen LogP contribution in [0.15, 0.2) is 17.2 Å². The molecule has 2 saturated heterocycles. The average molecular weight is 423 g/mol. The molecule has 7 nitrogen and oxygen atoms in total. The normalized spacial score (nSPS) is 29.0. The second kappa shape index (κ2) is 8.88. The van der Waals surface area contributed by atoms with Crippen molar-refractivity contribution in [1.82, 2.24) is 14.2 Å². The lowest BCUT2D eigenvalue weighted by atomic mass is 10.0. The summed E-state index contributed by atoms with van der Waals surface area (Å²) in [5.74, 6) is 0.738. The topological polar surface area (TPSA) is 85.8 Å². The lowest BCUT2D eigenvalue weighted by molar-refractivity contribution is 0.130. The number of sulfonamides is 1. The molecule has 4 rings (SSSR count). The predicted molar refractivity (Wildman–Crippen MR) is 113 cm³/mol. The van der Waals surface area contributed by atoms with Gasteiger partial charge in [0.05, 0.1) is 6.10 Å². The molecule has 1 aliphatic carbocycles. The van der Waals surface area contributed by atoms with E-state index in [-0.39, 0.29) is 11.0 Å². The summed E-state index contributed by atoms with van der Waals surface area (Å²) in [6.07, 6.45) is 8.42. The van der Waals surface area contributed by atoms with Gasteiger partial charge in [-0.05, 0) is 76.1 Å². The number of anilines is 1. The molecule has 3 atom stereocenters. The van der Waals surface area contributed by atoms with E-state index in [1.54, 1.807) is 16.6 Å². The second-order valence-corrected chi connectivity index (χ2v) is 10.8. The number of pyridine rings is 1. The molecule has 162 valence electrons. The van der Waals surface area contributed by atoms with Crippen LogP contribution in [0.1, 0.15) is 50.5 Å². The molecule has 3 aliphatic rings. The molecule has 2 N–H and O–H groups in total. The van der Waals surface area contributed by atoms with Crippen molar-refractivity contribution in [2.24, 2.45) is 5.92 Å². The van der Waals surface area contributed by atoms with Crippen LogP contribution in [-0.2, 0) is 10.0 Å². The molecule has 8 heteroatoms. The Morgan fingerprint density at radius 1 is 1.17 bits per heavy atom. The number of hydrogen-bond acceptors (Lipinski definition) is 6. The largest absolute Gasteiger partial charge is 0.393 e. The van der Waals surface area contributed by atoms with Crippen molar-refractivity contribution in [2.75, 3.05) is 38.0 Å². The van der Waals surface area contributed by atoms with E-state index in [1.165, 1.54) is 0 Å². The number of hydrogen-bond donors (Lipinski definition) is 2. The molecule has 0 amide bonds. The first-order chi connectivity index (χ1) is 13.9. The first kappa shape index (κ1) is 21.0. The first-order valence-corrected chi connectivity index (χ1v) is 12.5. The van der Waals surface area contributed by atoms with E-state index in [0.29, 0.717) is 37.4 Å². The summed E-state index contributed by atoms with van der Waals surface area (Å²) in [6.45, 7) is 5.71. The monoisotopic (exact) mass is 422 g/mol. The van der Waals surface area contributed by atoms with Gasteiger partial charge in [-0.25, -0.2) is 13.4 Å². The maximum atomic E-state index is 13.6. The fourth-order valence-corrected chi connectivity index (χ4v) is 6.85. The lowest BCUT2D eigenvalue weighted by Gasteiger charge is -2.26. The summed E-state index contributed by atoms with van der Waals surface area (Å²) >= 11 is 0. The summed E-state index contributed by atoms with van der Waals surface area (Å²) < 4.78 is 28.8. The number of aryl methyl sites for hydroxylation is 1. The third kappa shape index (κ3) is 4.60. The number of fused-ring (bicyclic) bond motifs is 1. The van der Waals surface area contributed by atoms with Crippen LogP contribution in [0.3, 0.4) is 0 Å². The zero-order valence-electron chi connectivity index (χ0n) is 17.4. The number of nitrogens with one attached hydrogen (secondary N) is 1. The van der Waals surface area contributed by atoms with Crippen molar-refractivity contribution in [1.29, 1.82) is 0 Å². The maximum Gasteiger partial charge on any atom is 0.246 e. The average Bonchev–Trinajstić information content (AvgIpc) is 3.25. The van der Waals surface area contributed by atoms with Gasteiger partial charge in [0.2, 0.25) is 10.0 Å². The van der Waals surface area contributed by atoms with E-state index in [4.69, 9.17) is 0 Å². The van der Waals surface area contributed by atoms with Crippen LogP contribution in [0.4, 0.5) is 5.82 Å². The van der Waals surface area contributed by atoms with Crippen molar-refractivity contribution in [2.45, 2.75) is 68.9 Å². The van der Waals surface area contributed by atoms with Gasteiger partial charge < -0.3 is 10.4 Å². The van der Waals surface area contributed by atoms with Gasteiger partial charge in [0.1, 0.15) is 10.7 Å². The highest BCUT2D eigenvalue weighted by Gasteiger charge is 2.35. The highest BCUT2D eigenvalue weighted by atomic mass is 32.2. The summed E-state index contributed by atoms with van der Waals surface area (Å²) in [5.41, 5.74) is 0.845. The number of nitrogens with zero attached hydrogens (tertiary/aromatic N) is 3. The molecular formula is C21H34N4O3S. The van der Waals surface area contributed by atoms with Gasteiger partial charge in [0, 0.05) is 31.9 Å². The Morgan fingerprint density at radius 3 is 2.79 bits per heavy atom. The van der Waals surface area contributed by atoms with Gasteiger partial charge in [-0.3, -0.25) is 4.90 Å². The van der Waals surface area contributed by atoms with Gasteiger partial charge in [0.15, 0.2) is 0 Å². The van der Waals surface area contributed by atoms with E-state index in [9.17, 15) is 13.5 Å². The van der Waals surface area contributed by atoms with E-state index in [0.717, 1.165) is 63.6 Å². The third-order valence-corrected chi connectivity index (χ3v) is 8.68. The summed E-state index contributed by atoms with van der Waals surface area (Å²) in [4.78, 5) is 7.15. The van der Waals surface area contributed by atoms with Crippen LogP contribution in [-0.4, -0.2) is 72.6 Å². The van der Waals surface area contributed by atoms with Crippen LogP contribution in [0.2, 0.25) is 0 Å². The smallest absolute Gasteiger partial charge is 0.246 e. The highest BCUT2D eigenvalue weighted by Crippen LogP contribution is 2.30. The lowest BCUT2D eigenvalue weighted by Crippen LogP contribution is -2.39. The van der Waals surface area contributed by atoms with Gasteiger partial charge in [-0.15, -0.1) is 0 Å². The molecule has 3 fully saturated rings. The maximum absolute atomic E-state index is 13.6. The number of aliphatic hydroxyl groups excluding tert-OH is 1. The minimum atomic E-state index is -3.61. The van der Waals surface area contributed by atoms with E-state index in [2.05, 4.69) is 15.2 Å². The summed E-state index contributed by atoms with van der Waals surface area (Å²) in [5, 5.41) is 13.3. The molecule has 0 spiro atoms. The van der Waals surface area contributed by atoms with Crippen LogP contribution in [0.5, 0.6) is 0 Å². The minimum absolute atomic E-state index is 0.225. The molecule has 2 aliphatic heterocycles. The number of rotatable bonds is 6. The van der Waals surface area contributed by atoms with Crippen molar-refractivity contribution < 1.29 is 13.5 Å². The van der Waals surface area contributed by atoms with Crippen LogP contribution in [0, 0.1) is 12.8 Å². The quantitative estimate of drug-likeness (QED) is 0.731. The van der Waals surface area contributed by atoms with Crippen LogP contribution < -0.4 is 5.32 Å². The SMILES string of the molecule is Cc1cnc(NCC[C@@H]2CCC[C@@H]2O)c(S(=O)(=O)N2CCCN3CCCC3C2)c1. The Labute approximate surface area is 174 Å². The molecule has 0 radical (unpaired) electrons. The molecule has 1 unspecified atom stereocenters. The van der Waals surface area contributed by atoms with E-state index in [1.807, 2.05) is 6.92 Å². The Hall–Kier alpha value is -1.22. The van der Waals surface area contributed by atoms with Gasteiger partial charge >= 0.3 is 0 Å². The molecule has 29 heavy (non-hydrogen) atoms. The second-order valence-electron chi connectivity index (χ2n) is 8.88.